The number of hydrazine groups is 1. The molecule has 1 heterocycles. The van der Waals surface area contributed by atoms with Crippen molar-refractivity contribution in [3.8, 4) is 0 Å². The fourth-order valence-corrected chi connectivity index (χ4v) is 3.25. The monoisotopic (exact) mass is 225 g/mol. The Labute approximate surface area is 100 Å². The molecule has 2 unspecified atom stereocenters. The molecule has 3 heteroatoms. The summed E-state index contributed by atoms with van der Waals surface area (Å²) in [6.07, 6.45) is 4.13. The fraction of sp³-hybridized carbons (Fsp3) is 1.00. The molecule has 1 aliphatic carbocycles. The quantitative estimate of drug-likeness (QED) is 0.769. The summed E-state index contributed by atoms with van der Waals surface area (Å²) in [5.74, 6) is 1.79. The summed E-state index contributed by atoms with van der Waals surface area (Å²) >= 11 is 0. The van der Waals surface area contributed by atoms with Crippen LogP contribution in [0.25, 0.3) is 0 Å². The van der Waals surface area contributed by atoms with Gasteiger partial charge >= 0.3 is 0 Å². The van der Waals surface area contributed by atoms with Crippen LogP contribution in [0.2, 0.25) is 0 Å². The summed E-state index contributed by atoms with van der Waals surface area (Å²) in [7, 11) is 2.21. The average molecular weight is 225 g/mol. The zero-order chi connectivity index (χ0) is 11.5. The molecular formula is C13H27N3. The van der Waals surface area contributed by atoms with Gasteiger partial charge in [-0.1, -0.05) is 13.8 Å². The van der Waals surface area contributed by atoms with Gasteiger partial charge in [0, 0.05) is 32.2 Å². The van der Waals surface area contributed by atoms with E-state index in [1.807, 2.05) is 0 Å². The molecular weight excluding hydrogens is 198 g/mol. The van der Waals surface area contributed by atoms with E-state index < -0.39 is 0 Å². The largest absolute Gasteiger partial charge is 0.304 e. The summed E-state index contributed by atoms with van der Waals surface area (Å²) in [5.41, 5.74) is 3.75. The van der Waals surface area contributed by atoms with Gasteiger partial charge in [-0.2, -0.15) is 0 Å². The van der Waals surface area contributed by atoms with E-state index in [1.165, 1.54) is 45.4 Å². The second kappa shape index (κ2) is 5.48. The Morgan fingerprint density at radius 3 is 2.00 bits per heavy atom. The first-order valence-electron chi connectivity index (χ1n) is 6.83. The van der Waals surface area contributed by atoms with Gasteiger partial charge in [0.1, 0.15) is 0 Å². The maximum Gasteiger partial charge on any atom is 0.0259 e. The van der Waals surface area contributed by atoms with Crippen LogP contribution < -0.4 is 5.43 Å². The fourth-order valence-electron chi connectivity index (χ4n) is 3.25. The van der Waals surface area contributed by atoms with Gasteiger partial charge in [0.25, 0.3) is 0 Å². The van der Waals surface area contributed by atoms with Gasteiger partial charge in [0.15, 0.2) is 0 Å². The lowest BCUT2D eigenvalue weighted by atomic mass is 9.81. The van der Waals surface area contributed by atoms with Crippen LogP contribution in [0.5, 0.6) is 0 Å². The van der Waals surface area contributed by atoms with E-state index >= 15 is 0 Å². The highest BCUT2D eigenvalue weighted by molar-refractivity contribution is 4.80. The molecule has 0 aromatic heterocycles. The Morgan fingerprint density at radius 1 is 0.875 bits per heavy atom. The second-order valence-corrected chi connectivity index (χ2v) is 6.03. The zero-order valence-electron chi connectivity index (χ0n) is 11.1. The van der Waals surface area contributed by atoms with Gasteiger partial charge in [-0.05, 0) is 38.1 Å². The molecule has 0 aromatic rings. The highest BCUT2D eigenvalue weighted by Gasteiger charge is 2.25. The molecule has 0 aromatic carbocycles. The molecule has 1 N–H and O–H groups in total. The molecule has 0 bridgehead atoms. The number of rotatable bonds is 2. The van der Waals surface area contributed by atoms with Crippen molar-refractivity contribution in [3.63, 3.8) is 0 Å². The molecule has 0 spiro atoms. The molecule has 2 atom stereocenters. The summed E-state index contributed by atoms with van der Waals surface area (Å²) in [6, 6.07) is 0.724. The first-order valence-corrected chi connectivity index (χ1v) is 6.83. The molecule has 2 rings (SSSR count). The summed E-state index contributed by atoms with van der Waals surface area (Å²) in [6.45, 7) is 9.55. The molecule has 0 amide bonds. The van der Waals surface area contributed by atoms with E-state index in [4.69, 9.17) is 0 Å². The van der Waals surface area contributed by atoms with Crippen LogP contribution in [0.15, 0.2) is 0 Å². The predicted molar refractivity (Wildman–Crippen MR) is 68.2 cm³/mol. The lowest BCUT2D eigenvalue weighted by Crippen LogP contribution is -2.54. The van der Waals surface area contributed by atoms with Gasteiger partial charge in [-0.15, -0.1) is 0 Å². The normalized spacial score (nSPS) is 38.8. The minimum Gasteiger partial charge on any atom is -0.304 e. The molecule has 1 saturated heterocycles. The Morgan fingerprint density at radius 2 is 1.44 bits per heavy atom. The average Bonchev–Trinajstić information content (AvgIpc) is 2.20. The van der Waals surface area contributed by atoms with Gasteiger partial charge in [-0.3, -0.25) is 5.43 Å². The smallest absolute Gasteiger partial charge is 0.0259 e. The Kier molecular flexibility index (Phi) is 4.22. The number of hydrogen-bond donors (Lipinski definition) is 1. The van der Waals surface area contributed by atoms with E-state index in [0.717, 1.165) is 17.9 Å². The standard InChI is InChI=1S/C13H27N3/c1-11-8-12(2)10-13(9-11)14-16-6-4-15(3)5-7-16/h11-14H,4-10H2,1-3H3. The van der Waals surface area contributed by atoms with Crippen LogP contribution in [0.3, 0.4) is 0 Å². The summed E-state index contributed by atoms with van der Waals surface area (Å²) < 4.78 is 0. The van der Waals surface area contributed by atoms with E-state index in [2.05, 4.69) is 36.2 Å². The van der Waals surface area contributed by atoms with Crippen LogP contribution in [-0.2, 0) is 0 Å². The number of piperazine rings is 1. The van der Waals surface area contributed by atoms with Crippen molar-refractivity contribution < 1.29 is 0 Å². The van der Waals surface area contributed by atoms with E-state index in [-0.39, 0.29) is 0 Å². The Balaban J connectivity index is 1.76. The molecule has 2 fully saturated rings. The topological polar surface area (TPSA) is 18.5 Å². The van der Waals surface area contributed by atoms with Crippen molar-refractivity contribution in [1.29, 1.82) is 0 Å². The summed E-state index contributed by atoms with van der Waals surface area (Å²) in [4.78, 5) is 2.41. The third-order valence-electron chi connectivity index (χ3n) is 4.05. The van der Waals surface area contributed by atoms with E-state index in [1.54, 1.807) is 0 Å². The first-order chi connectivity index (χ1) is 7.63. The summed E-state index contributed by atoms with van der Waals surface area (Å²) in [5, 5.41) is 2.44. The molecule has 0 radical (unpaired) electrons. The third kappa shape index (κ3) is 3.44. The minimum absolute atomic E-state index is 0.724. The van der Waals surface area contributed by atoms with Crippen LogP contribution in [-0.4, -0.2) is 49.2 Å². The SMILES string of the molecule is CC1CC(C)CC(NN2CCN(C)CC2)C1. The van der Waals surface area contributed by atoms with Crippen LogP contribution >= 0.6 is 0 Å². The van der Waals surface area contributed by atoms with Crippen molar-refractivity contribution >= 4 is 0 Å². The number of hydrogen-bond acceptors (Lipinski definition) is 3. The lowest BCUT2D eigenvalue weighted by molar-refractivity contribution is 0.0653. The van der Waals surface area contributed by atoms with Gasteiger partial charge in [0.2, 0.25) is 0 Å². The second-order valence-electron chi connectivity index (χ2n) is 6.03. The predicted octanol–water partition coefficient (Wildman–Crippen LogP) is 1.56. The van der Waals surface area contributed by atoms with Crippen LogP contribution in [0.4, 0.5) is 0 Å². The van der Waals surface area contributed by atoms with Gasteiger partial charge in [0.05, 0.1) is 0 Å². The van der Waals surface area contributed by atoms with E-state index in [9.17, 15) is 0 Å². The van der Waals surface area contributed by atoms with Crippen LogP contribution in [0.1, 0.15) is 33.1 Å². The molecule has 16 heavy (non-hydrogen) atoms. The molecule has 1 aliphatic heterocycles. The highest BCUT2D eigenvalue weighted by Crippen LogP contribution is 2.28. The van der Waals surface area contributed by atoms with E-state index in [0.29, 0.717) is 0 Å². The van der Waals surface area contributed by atoms with Crippen molar-refractivity contribution in [2.24, 2.45) is 11.8 Å². The minimum atomic E-state index is 0.724. The molecule has 3 nitrogen and oxygen atoms in total. The van der Waals surface area contributed by atoms with Crippen molar-refractivity contribution in [2.75, 3.05) is 33.2 Å². The van der Waals surface area contributed by atoms with Crippen molar-refractivity contribution in [2.45, 2.75) is 39.2 Å². The molecule has 2 aliphatic rings. The zero-order valence-corrected chi connectivity index (χ0v) is 11.1. The highest BCUT2D eigenvalue weighted by atomic mass is 15.5. The Bertz CT molecular complexity index is 201. The molecule has 1 saturated carbocycles. The maximum absolute atomic E-state index is 3.75. The number of nitrogens with zero attached hydrogens (tertiary/aromatic N) is 2. The number of nitrogens with one attached hydrogen (secondary N) is 1. The van der Waals surface area contributed by atoms with Gasteiger partial charge in [-0.25, -0.2) is 5.01 Å². The maximum atomic E-state index is 3.75. The van der Waals surface area contributed by atoms with Crippen molar-refractivity contribution in [1.82, 2.24) is 15.3 Å². The van der Waals surface area contributed by atoms with Crippen molar-refractivity contribution in [3.05, 3.63) is 0 Å². The first kappa shape index (κ1) is 12.3. The van der Waals surface area contributed by atoms with Crippen LogP contribution in [0, 0.1) is 11.8 Å². The Hall–Kier alpha value is -0.120. The number of likely N-dealkylation sites (N-methyl/N-ethyl adjacent to an activating group) is 1. The third-order valence-corrected chi connectivity index (χ3v) is 4.05. The molecule has 94 valence electrons. The van der Waals surface area contributed by atoms with Gasteiger partial charge < -0.3 is 4.90 Å². The lowest BCUT2D eigenvalue weighted by Gasteiger charge is -2.39.